The van der Waals surface area contributed by atoms with Gasteiger partial charge in [-0.1, -0.05) is 0 Å². The van der Waals surface area contributed by atoms with Crippen LogP contribution in [0.1, 0.15) is 0 Å². The fourth-order valence-corrected chi connectivity index (χ4v) is 0.367. The monoisotopic (exact) mass is 200 g/mol. The zero-order chi connectivity index (χ0) is 4.12. The molecule has 0 unspecified atom stereocenters. The van der Waals surface area contributed by atoms with Crippen LogP contribution in [0.15, 0.2) is 0 Å². The fourth-order valence-electron chi connectivity index (χ4n) is 0.0136. The molecule has 28 valence electrons. The molecule has 0 rings (SSSR count). The summed E-state index contributed by atoms with van der Waals surface area (Å²) >= 11 is -2.61. The number of rotatable bonds is 2. The molecular weight excluding hydrogens is 200 g/mol. The van der Waals surface area contributed by atoms with Gasteiger partial charge in [0.1, 0.15) is 0 Å². The Morgan fingerprint density at radius 3 is 1.60 bits per heavy atom. The molecular formula is As2O3. The van der Waals surface area contributed by atoms with Gasteiger partial charge in [-0.15, -0.1) is 0 Å². The van der Waals surface area contributed by atoms with Crippen molar-refractivity contribution in [2.45, 2.75) is 0 Å². The number of hydrogen-bond acceptors (Lipinski definition) is 3. The van der Waals surface area contributed by atoms with Crippen LogP contribution in [0.3, 0.4) is 0 Å². The maximum absolute atomic E-state index is 9.22. The molecule has 5 heteroatoms. The van der Waals surface area contributed by atoms with Crippen molar-refractivity contribution in [1.29, 1.82) is 0 Å². The van der Waals surface area contributed by atoms with Crippen molar-refractivity contribution in [2.24, 2.45) is 0 Å². The van der Waals surface area contributed by atoms with Crippen molar-refractivity contribution in [3.63, 3.8) is 0 Å². The van der Waals surface area contributed by atoms with Gasteiger partial charge in [-0.2, -0.15) is 0 Å². The Balaban J connectivity index is 2.65. The van der Waals surface area contributed by atoms with Crippen LogP contribution in [0.2, 0.25) is 0 Å². The van der Waals surface area contributed by atoms with Crippen molar-refractivity contribution < 1.29 is 10.2 Å². The van der Waals surface area contributed by atoms with E-state index in [1.165, 1.54) is 0 Å². The van der Waals surface area contributed by atoms with Crippen LogP contribution < -0.4 is 0 Å². The first-order valence-corrected chi connectivity index (χ1v) is 3.79. The van der Waals surface area contributed by atoms with Gasteiger partial charge in [0.15, 0.2) is 0 Å². The summed E-state index contributed by atoms with van der Waals surface area (Å²) in [5.41, 5.74) is 0. The molecule has 0 aliphatic rings. The van der Waals surface area contributed by atoms with E-state index in [9.17, 15) is 7.48 Å². The third kappa shape index (κ3) is 4.68. The van der Waals surface area contributed by atoms with E-state index < -0.39 is 32.1 Å². The zero-order valence-electron chi connectivity index (χ0n) is 2.12. The summed E-state index contributed by atoms with van der Waals surface area (Å²) in [4.78, 5) is 0. The topological polar surface area (TPSA) is 43.4 Å². The van der Waals surface area contributed by atoms with E-state index in [0.717, 1.165) is 0 Å². The third-order valence-electron chi connectivity index (χ3n) is 0.0667. The standard InChI is InChI=1S/As2O3/c3-1-5-2-4/i1+1,2+1. The van der Waals surface area contributed by atoms with Crippen molar-refractivity contribution >= 4 is 32.1 Å². The molecule has 0 aliphatic heterocycles. The van der Waals surface area contributed by atoms with Crippen molar-refractivity contribution in [2.75, 3.05) is 0 Å². The fraction of sp³-hybridized carbons (Fsp3) is 0. The number of hydrogen-bond donors (Lipinski definition) is 0. The molecule has 0 saturated heterocycles. The van der Waals surface area contributed by atoms with Gasteiger partial charge in [-0.3, -0.25) is 0 Å². The zero-order valence-corrected chi connectivity index (χ0v) is 5.87. The van der Waals surface area contributed by atoms with Crippen molar-refractivity contribution in [1.82, 2.24) is 0 Å². The quantitative estimate of drug-likeness (QED) is 0.533. The van der Waals surface area contributed by atoms with Crippen LogP contribution in [-0.2, 0) is 10.2 Å². The van der Waals surface area contributed by atoms with Crippen LogP contribution in [0.25, 0.3) is 0 Å². The molecule has 0 heterocycles. The SMILES string of the molecule is O=[76As]O[76As]=O. The van der Waals surface area contributed by atoms with E-state index in [2.05, 4.69) is 2.72 Å². The molecule has 0 spiro atoms. The van der Waals surface area contributed by atoms with Crippen LogP contribution in [0, 0.1) is 0 Å². The van der Waals surface area contributed by atoms with Gasteiger partial charge in [-0.05, 0) is 0 Å². The molecule has 0 amide bonds. The normalized spacial score (nSPS) is 9.60. The molecule has 0 saturated carbocycles. The Morgan fingerprint density at radius 1 is 1.20 bits per heavy atom. The molecule has 5 heavy (non-hydrogen) atoms. The summed E-state index contributed by atoms with van der Waals surface area (Å²) < 4.78 is 22.4. The molecule has 0 fully saturated rings. The third-order valence-corrected chi connectivity index (χ3v) is 1.80. The van der Waals surface area contributed by atoms with E-state index >= 15 is 0 Å². The van der Waals surface area contributed by atoms with Gasteiger partial charge >= 0.3 is 42.3 Å². The molecule has 0 radical (unpaired) electrons. The molecule has 0 aromatic carbocycles. The van der Waals surface area contributed by atoms with Gasteiger partial charge in [-0.25, -0.2) is 0 Å². The Labute approximate surface area is 42.6 Å². The molecule has 0 aliphatic carbocycles. The second-order valence-electron chi connectivity index (χ2n) is 0.231. The summed E-state index contributed by atoms with van der Waals surface area (Å²) in [5.74, 6) is 0. The molecule has 3 nitrogen and oxygen atoms in total. The summed E-state index contributed by atoms with van der Waals surface area (Å²) in [6.45, 7) is 0. The summed E-state index contributed by atoms with van der Waals surface area (Å²) in [6, 6.07) is 0. The molecule has 0 bridgehead atoms. The predicted octanol–water partition coefficient (Wildman–Crippen LogP) is -1.07. The van der Waals surface area contributed by atoms with E-state index in [-0.39, 0.29) is 0 Å². The average molecular weight is 200 g/mol. The summed E-state index contributed by atoms with van der Waals surface area (Å²) in [6.07, 6.45) is 0. The van der Waals surface area contributed by atoms with E-state index in [1.54, 1.807) is 0 Å². The van der Waals surface area contributed by atoms with Gasteiger partial charge in [0.25, 0.3) is 0 Å². The van der Waals surface area contributed by atoms with Gasteiger partial charge in [0, 0.05) is 0 Å². The van der Waals surface area contributed by atoms with Gasteiger partial charge < -0.3 is 0 Å². The van der Waals surface area contributed by atoms with Crippen LogP contribution in [-0.4, -0.2) is 32.1 Å². The predicted molar refractivity (Wildman–Crippen MR) is 14.0 cm³/mol. The van der Waals surface area contributed by atoms with Crippen molar-refractivity contribution in [3.05, 3.63) is 0 Å². The summed E-state index contributed by atoms with van der Waals surface area (Å²) in [7, 11) is 0. The van der Waals surface area contributed by atoms with E-state index in [0.29, 0.717) is 0 Å². The first-order valence-electron chi connectivity index (χ1n) is 0.730. The Hall–Kier alpha value is 0.677. The second kappa shape index (κ2) is 4.68. The first-order chi connectivity index (χ1) is 2.41. The minimum absolute atomic E-state index is 1.30. The minimum atomic E-state index is -1.30. The first kappa shape index (κ1) is 5.68. The molecule has 0 atom stereocenters. The van der Waals surface area contributed by atoms with Gasteiger partial charge in [0.2, 0.25) is 0 Å². The summed E-state index contributed by atoms with van der Waals surface area (Å²) in [5, 5.41) is 0. The molecule has 0 aromatic rings. The van der Waals surface area contributed by atoms with Crippen LogP contribution >= 0.6 is 0 Å². The second-order valence-corrected chi connectivity index (χ2v) is 2.98. The molecule has 0 N–H and O–H groups in total. The van der Waals surface area contributed by atoms with E-state index in [4.69, 9.17) is 0 Å². The maximum atomic E-state index is 9.22. The van der Waals surface area contributed by atoms with Crippen LogP contribution in [0.4, 0.5) is 0 Å². The Bertz CT molecular complexity index is 34.2. The average Bonchev–Trinajstić information content (AvgIpc) is 1.41. The van der Waals surface area contributed by atoms with E-state index in [1.807, 2.05) is 0 Å². The van der Waals surface area contributed by atoms with Gasteiger partial charge in [0.05, 0.1) is 0 Å². The van der Waals surface area contributed by atoms with Crippen molar-refractivity contribution in [3.8, 4) is 0 Å². The molecule has 0 aromatic heterocycles. The van der Waals surface area contributed by atoms with Crippen LogP contribution in [0.5, 0.6) is 0 Å². The Kier molecular flexibility index (Phi) is 5.31. The Morgan fingerprint density at radius 2 is 1.60 bits per heavy atom.